The molecule has 0 aromatic carbocycles. The van der Waals surface area contributed by atoms with Crippen LogP contribution in [0.15, 0.2) is 12.3 Å². The first kappa shape index (κ1) is 17.3. The molecule has 2 aliphatic rings. The van der Waals surface area contributed by atoms with Crippen molar-refractivity contribution in [1.29, 1.82) is 0 Å². The molecule has 7 heteroatoms. The number of rotatable bonds is 4. The van der Waals surface area contributed by atoms with Gasteiger partial charge in [-0.25, -0.2) is 0 Å². The predicted molar refractivity (Wildman–Crippen MR) is 87.8 cm³/mol. The van der Waals surface area contributed by atoms with E-state index in [0.717, 1.165) is 17.7 Å². The summed E-state index contributed by atoms with van der Waals surface area (Å²) in [7, 11) is 1.95. The Bertz CT molecular complexity index is 609. The summed E-state index contributed by atoms with van der Waals surface area (Å²) in [6, 6.07) is 2.07. The lowest BCUT2D eigenvalue weighted by Gasteiger charge is -2.47. The molecule has 1 amide bonds. The zero-order valence-electron chi connectivity index (χ0n) is 14.2. The van der Waals surface area contributed by atoms with E-state index in [2.05, 4.69) is 15.2 Å². The number of nitrogens with zero attached hydrogens (tertiary/aromatic N) is 2. The highest BCUT2D eigenvalue weighted by Crippen LogP contribution is 2.22. The monoisotopic (exact) mass is 335 g/mol. The Morgan fingerprint density at radius 3 is 3.17 bits per heavy atom. The number of aliphatic hydroxyl groups excluding tert-OH is 1. The third-order valence-corrected chi connectivity index (χ3v) is 5.09. The molecule has 0 aliphatic carbocycles. The summed E-state index contributed by atoms with van der Waals surface area (Å²) in [5, 5.41) is 12.8. The van der Waals surface area contributed by atoms with E-state index < -0.39 is 5.54 Å². The number of carbonyl (C=O) groups excluding carboxylic acids is 1. The molecule has 7 nitrogen and oxygen atoms in total. The van der Waals surface area contributed by atoms with Crippen molar-refractivity contribution in [2.45, 2.75) is 31.5 Å². The van der Waals surface area contributed by atoms with Crippen LogP contribution in [0.3, 0.4) is 0 Å². The van der Waals surface area contributed by atoms with Crippen molar-refractivity contribution in [1.82, 2.24) is 15.2 Å². The second kappa shape index (κ2) is 7.14. The molecule has 1 saturated heterocycles. The standard InChI is InChI=1S/C17H25N3O4/c1-12-7-24-11-17(10-21,20(12)2)9-19-16(22)14-5-13-3-4-23-8-15(13)18-6-14/h5-6,12,21H,3-4,7-11H2,1-2H3,(H,19,22)/t12-,17+/m1/s1. The van der Waals surface area contributed by atoms with E-state index in [1.54, 1.807) is 6.20 Å². The quantitative estimate of drug-likeness (QED) is 0.804. The summed E-state index contributed by atoms with van der Waals surface area (Å²) in [6.45, 7) is 4.48. The Balaban J connectivity index is 1.68. The lowest BCUT2D eigenvalue weighted by atomic mass is 9.95. The number of fused-ring (bicyclic) bond motifs is 1. The summed E-state index contributed by atoms with van der Waals surface area (Å²) < 4.78 is 11.0. The van der Waals surface area contributed by atoms with Crippen molar-refractivity contribution < 1.29 is 19.4 Å². The van der Waals surface area contributed by atoms with Crippen molar-refractivity contribution in [2.75, 3.05) is 40.0 Å². The first-order valence-corrected chi connectivity index (χ1v) is 8.31. The Kier molecular flexibility index (Phi) is 5.15. The highest BCUT2D eigenvalue weighted by Gasteiger charge is 2.40. The number of amides is 1. The first-order chi connectivity index (χ1) is 11.6. The van der Waals surface area contributed by atoms with Gasteiger partial charge in [0.2, 0.25) is 0 Å². The number of pyridine rings is 1. The molecular formula is C17H25N3O4. The van der Waals surface area contributed by atoms with E-state index in [4.69, 9.17) is 9.47 Å². The van der Waals surface area contributed by atoms with Gasteiger partial charge in [0.25, 0.3) is 5.91 Å². The van der Waals surface area contributed by atoms with E-state index in [9.17, 15) is 9.90 Å². The molecule has 0 bridgehead atoms. The van der Waals surface area contributed by atoms with Crippen molar-refractivity contribution >= 4 is 5.91 Å². The maximum Gasteiger partial charge on any atom is 0.252 e. The fourth-order valence-corrected chi connectivity index (χ4v) is 3.20. The van der Waals surface area contributed by atoms with E-state index in [1.165, 1.54) is 0 Å². The normalized spacial score (nSPS) is 27.5. The van der Waals surface area contributed by atoms with Crippen molar-refractivity contribution in [3.05, 3.63) is 29.1 Å². The molecule has 2 N–H and O–H groups in total. The summed E-state index contributed by atoms with van der Waals surface area (Å²) >= 11 is 0. The van der Waals surface area contributed by atoms with Crippen LogP contribution >= 0.6 is 0 Å². The second-order valence-electron chi connectivity index (χ2n) is 6.67. The second-order valence-corrected chi connectivity index (χ2v) is 6.67. The van der Waals surface area contributed by atoms with Crippen LogP contribution in [0.2, 0.25) is 0 Å². The van der Waals surface area contributed by atoms with E-state index in [0.29, 0.717) is 38.5 Å². The van der Waals surface area contributed by atoms with E-state index >= 15 is 0 Å². The van der Waals surface area contributed by atoms with Crippen LogP contribution < -0.4 is 5.32 Å². The van der Waals surface area contributed by atoms with Crippen LogP contribution in [-0.4, -0.2) is 72.5 Å². The van der Waals surface area contributed by atoms with Crippen LogP contribution in [0, 0.1) is 0 Å². The van der Waals surface area contributed by atoms with Gasteiger partial charge in [-0.2, -0.15) is 0 Å². The molecule has 0 radical (unpaired) electrons. The number of morpholine rings is 1. The smallest absolute Gasteiger partial charge is 0.252 e. The number of nitrogens with one attached hydrogen (secondary N) is 1. The number of aromatic nitrogens is 1. The van der Waals surface area contributed by atoms with Gasteiger partial charge >= 0.3 is 0 Å². The topological polar surface area (TPSA) is 83.9 Å². The Morgan fingerprint density at radius 1 is 1.54 bits per heavy atom. The lowest BCUT2D eigenvalue weighted by Crippen LogP contribution is -2.65. The Hall–Kier alpha value is -1.54. The number of hydrogen-bond acceptors (Lipinski definition) is 6. The van der Waals surface area contributed by atoms with E-state index in [-0.39, 0.29) is 18.6 Å². The zero-order chi connectivity index (χ0) is 17.2. The molecule has 2 atom stereocenters. The molecule has 1 aromatic rings. The van der Waals surface area contributed by atoms with Crippen LogP contribution in [-0.2, 0) is 22.5 Å². The van der Waals surface area contributed by atoms with Crippen molar-refractivity contribution in [3.63, 3.8) is 0 Å². The molecule has 0 saturated carbocycles. The molecule has 0 spiro atoms. The fourth-order valence-electron chi connectivity index (χ4n) is 3.20. The van der Waals surface area contributed by atoms with Crippen molar-refractivity contribution in [3.8, 4) is 0 Å². The van der Waals surface area contributed by atoms with Gasteiger partial charge in [0.1, 0.15) is 0 Å². The predicted octanol–water partition coefficient (Wildman–Crippen LogP) is -0.0343. The third kappa shape index (κ3) is 3.30. The number of carbonyl (C=O) groups is 1. The SMILES string of the molecule is C[C@@H]1COC[C@@](CO)(CNC(=O)c2cnc3c(c2)CCOC3)N1C. The van der Waals surface area contributed by atoms with Crippen LogP contribution in [0.25, 0.3) is 0 Å². The Morgan fingerprint density at radius 2 is 2.38 bits per heavy atom. The minimum Gasteiger partial charge on any atom is -0.394 e. The van der Waals surface area contributed by atoms with Crippen molar-refractivity contribution in [2.24, 2.45) is 0 Å². The van der Waals surface area contributed by atoms with Gasteiger partial charge in [-0.3, -0.25) is 14.7 Å². The summed E-state index contributed by atoms with van der Waals surface area (Å²) in [6.07, 6.45) is 2.36. The molecule has 2 aliphatic heterocycles. The Labute approximate surface area is 142 Å². The van der Waals surface area contributed by atoms with Gasteiger partial charge < -0.3 is 19.9 Å². The summed E-state index contributed by atoms with van der Waals surface area (Å²) in [5.74, 6) is -0.184. The van der Waals surface area contributed by atoms with Gasteiger partial charge in [-0.05, 0) is 32.0 Å². The molecule has 1 fully saturated rings. The third-order valence-electron chi connectivity index (χ3n) is 5.09. The molecule has 0 unspecified atom stereocenters. The van der Waals surface area contributed by atoms with Crippen LogP contribution in [0.1, 0.15) is 28.5 Å². The van der Waals surface area contributed by atoms with Gasteiger partial charge in [0, 0.05) is 18.8 Å². The maximum atomic E-state index is 12.5. The highest BCUT2D eigenvalue weighted by atomic mass is 16.5. The number of ether oxygens (including phenoxy) is 2. The van der Waals surface area contributed by atoms with Gasteiger partial charge in [0.15, 0.2) is 0 Å². The lowest BCUT2D eigenvalue weighted by molar-refractivity contribution is -0.105. The average molecular weight is 335 g/mol. The molecule has 1 aromatic heterocycles. The van der Waals surface area contributed by atoms with Crippen LogP contribution in [0.4, 0.5) is 0 Å². The largest absolute Gasteiger partial charge is 0.394 e. The number of aliphatic hydroxyl groups is 1. The van der Waals surface area contributed by atoms with Crippen LogP contribution in [0.5, 0.6) is 0 Å². The highest BCUT2D eigenvalue weighted by molar-refractivity contribution is 5.94. The number of likely N-dealkylation sites (N-methyl/N-ethyl adjacent to an activating group) is 1. The zero-order valence-corrected chi connectivity index (χ0v) is 14.2. The average Bonchev–Trinajstić information content (AvgIpc) is 2.62. The summed E-state index contributed by atoms with van der Waals surface area (Å²) in [5.41, 5.74) is 1.91. The summed E-state index contributed by atoms with van der Waals surface area (Å²) in [4.78, 5) is 18.9. The first-order valence-electron chi connectivity index (χ1n) is 8.31. The van der Waals surface area contributed by atoms with E-state index in [1.807, 2.05) is 20.0 Å². The van der Waals surface area contributed by atoms with Gasteiger partial charge in [0.05, 0.1) is 49.8 Å². The maximum absolute atomic E-state index is 12.5. The minimum atomic E-state index is -0.594. The molecule has 132 valence electrons. The van der Waals surface area contributed by atoms with Gasteiger partial charge in [-0.1, -0.05) is 0 Å². The van der Waals surface area contributed by atoms with Gasteiger partial charge in [-0.15, -0.1) is 0 Å². The minimum absolute atomic E-state index is 0.0755. The fraction of sp³-hybridized carbons (Fsp3) is 0.647. The molecule has 24 heavy (non-hydrogen) atoms. The number of hydrogen-bond donors (Lipinski definition) is 2. The molecular weight excluding hydrogens is 310 g/mol. The molecule has 3 heterocycles. The molecule has 3 rings (SSSR count).